The molecule has 84 valence electrons. The quantitative estimate of drug-likeness (QED) is 0.897. The van der Waals surface area contributed by atoms with Crippen molar-refractivity contribution in [3.63, 3.8) is 0 Å². The van der Waals surface area contributed by atoms with Crippen LogP contribution in [0.5, 0.6) is 0 Å². The van der Waals surface area contributed by atoms with E-state index in [-0.39, 0.29) is 12.1 Å². The van der Waals surface area contributed by atoms with Crippen LogP contribution in [0.2, 0.25) is 0 Å². The molecule has 2 rings (SSSR count). The van der Waals surface area contributed by atoms with Crippen LogP contribution in [0.3, 0.4) is 0 Å². The molecule has 0 bridgehead atoms. The van der Waals surface area contributed by atoms with Gasteiger partial charge in [-0.05, 0) is 40.2 Å². The average molecular weight is 290 g/mol. The van der Waals surface area contributed by atoms with Crippen molar-refractivity contribution in [3.05, 3.63) is 20.8 Å². The Morgan fingerprint density at radius 3 is 2.93 bits per heavy atom. The lowest BCUT2D eigenvalue weighted by atomic mass is 9.92. The third-order valence-corrected chi connectivity index (χ3v) is 4.87. The van der Waals surface area contributed by atoms with Gasteiger partial charge in [0.05, 0.1) is 6.10 Å². The molecule has 0 aromatic carbocycles. The molecule has 0 saturated heterocycles. The van der Waals surface area contributed by atoms with Gasteiger partial charge in [0, 0.05) is 21.9 Å². The van der Waals surface area contributed by atoms with Crippen molar-refractivity contribution in [3.8, 4) is 0 Å². The average Bonchev–Trinajstić information content (AvgIpc) is 2.63. The van der Waals surface area contributed by atoms with E-state index >= 15 is 0 Å². The summed E-state index contributed by atoms with van der Waals surface area (Å²) in [5, 5.41) is 15.3. The number of aliphatic hydroxyl groups excluding tert-OH is 1. The van der Waals surface area contributed by atoms with E-state index in [2.05, 4.69) is 32.7 Å². The van der Waals surface area contributed by atoms with Gasteiger partial charge in [0.15, 0.2) is 0 Å². The number of hydrogen-bond donors (Lipinski definition) is 2. The number of hydrogen-bond acceptors (Lipinski definition) is 3. The van der Waals surface area contributed by atoms with E-state index < -0.39 is 0 Å². The molecule has 1 fully saturated rings. The van der Waals surface area contributed by atoms with Crippen molar-refractivity contribution in [2.45, 2.75) is 44.4 Å². The van der Waals surface area contributed by atoms with Gasteiger partial charge in [-0.3, -0.25) is 0 Å². The highest BCUT2D eigenvalue weighted by molar-refractivity contribution is 9.10. The standard InChI is InChI=1S/C11H16BrNOS/c12-8-5-6-15-11(8)7-13-9-3-1-2-4-10(9)14/h5-6,9-10,13-14H,1-4,7H2/t9-,10+/m1/s1. The van der Waals surface area contributed by atoms with Gasteiger partial charge in [-0.1, -0.05) is 12.8 Å². The summed E-state index contributed by atoms with van der Waals surface area (Å²) >= 11 is 5.26. The summed E-state index contributed by atoms with van der Waals surface area (Å²) in [6.45, 7) is 0.861. The Morgan fingerprint density at radius 2 is 2.27 bits per heavy atom. The number of rotatable bonds is 3. The molecule has 1 aromatic heterocycles. The molecule has 2 N–H and O–H groups in total. The van der Waals surface area contributed by atoms with Crippen LogP contribution in [-0.4, -0.2) is 17.3 Å². The van der Waals surface area contributed by atoms with E-state index in [9.17, 15) is 5.11 Å². The summed E-state index contributed by atoms with van der Waals surface area (Å²) in [7, 11) is 0. The van der Waals surface area contributed by atoms with Crippen LogP contribution in [0.25, 0.3) is 0 Å². The second-order valence-electron chi connectivity index (χ2n) is 4.03. The van der Waals surface area contributed by atoms with E-state index in [0.29, 0.717) is 0 Å². The highest BCUT2D eigenvalue weighted by Gasteiger charge is 2.22. The van der Waals surface area contributed by atoms with Crippen molar-refractivity contribution in [1.29, 1.82) is 0 Å². The third kappa shape index (κ3) is 3.03. The number of aliphatic hydroxyl groups is 1. The fourth-order valence-electron chi connectivity index (χ4n) is 2.02. The molecule has 1 saturated carbocycles. The second kappa shape index (κ2) is 5.43. The first kappa shape index (κ1) is 11.6. The zero-order valence-corrected chi connectivity index (χ0v) is 11.0. The molecule has 0 radical (unpaired) electrons. The maximum Gasteiger partial charge on any atom is 0.0693 e. The van der Waals surface area contributed by atoms with Gasteiger partial charge < -0.3 is 10.4 Å². The maximum absolute atomic E-state index is 9.80. The molecule has 2 nitrogen and oxygen atoms in total. The Morgan fingerprint density at radius 1 is 1.47 bits per heavy atom. The van der Waals surface area contributed by atoms with Gasteiger partial charge in [0.2, 0.25) is 0 Å². The molecule has 0 unspecified atom stereocenters. The zero-order chi connectivity index (χ0) is 10.7. The van der Waals surface area contributed by atoms with E-state index in [0.717, 1.165) is 19.4 Å². The van der Waals surface area contributed by atoms with Crippen molar-refractivity contribution in [2.75, 3.05) is 0 Å². The fourth-order valence-corrected chi connectivity index (χ4v) is 3.47. The predicted octanol–water partition coefficient (Wildman–Crippen LogP) is 2.90. The summed E-state index contributed by atoms with van der Waals surface area (Å²) in [6.07, 6.45) is 4.30. The lowest BCUT2D eigenvalue weighted by Gasteiger charge is -2.28. The minimum absolute atomic E-state index is 0.155. The molecule has 2 atom stereocenters. The minimum Gasteiger partial charge on any atom is -0.392 e. The van der Waals surface area contributed by atoms with Crippen molar-refractivity contribution in [1.82, 2.24) is 5.32 Å². The smallest absolute Gasteiger partial charge is 0.0693 e. The monoisotopic (exact) mass is 289 g/mol. The van der Waals surface area contributed by atoms with E-state index in [1.807, 2.05) is 0 Å². The topological polar surface area (TPSA) is 32.3 Å². The summed E-state index contributed by atoms with van der Waals surface area (Å²) in [4.78, 5) is 1.31. The van der Waals surface area contributed by atoms with Crippen LogP contribution < -0.4 is 5.32 Å². The van der Waals surface area contributed by atoms with Gasteiger partial charge in [0.25, 0.3) is 0 Å². The fraction of sp³-hybridized carbons (Fsp3) is 0.636. The minimum atomic E-state index is -0.155. The molecule has 0 amide bonds. The van der Waals surface area contributed by atoms with Gasteiger partial charge in [0.1, 0.15) is 0 Å². The number of halogens is 1. The van der Waals surface area contributed by atoms with Crippen LogP contribution in [-0.2, 0) is 6.54 Å². The van der Waals surface area contributed by atoms with Gasteiger partial charge >= 0.3 is 0 Å². The summed E-state index contributed by atoms with van der Waals surface area (Å²) in [5.74, 6) is 0. The number of nitrogens with one attached hydrogen (secondary N) is 1. The molecule has 1 heterocycles. The SMILES string of the molecule is O[C@H]1CCCC[C@H]1NCc1sccc1Br. The third-order valence-electron chi connectivity index (χ3n) is 2.95. The Labute approximate surface area is 103 Å². The summed E-state index contributed by atoms with van der Waals surface area (Å²) < 4.78 is 1.17. The van der Waals surface area contributed by atoms with Gasteiger partial charge in [-0.2, -0.15) is 0 Å². The Hall–Kier alpha value is 0.100. The Balaban J connectivity index is 1.84. The molecule has 15 heavy (non-hydrogen) atoms. The first-order valence-electron chi connectivity index (χ1n) is 5.40. The van der Waals surface area contributed by atoms with Gasteiger partial charge in [-0.25, -0.2) is 0 Å². The highest BCUT2D eigenvalue weighted by atomic mass is 79.9. The molecule has 1 aliphatic rings. The van der Waals surface area contributed by atoms with E-state index in [1.165, 1.54) is 22.2 Å². The van der Waals surface area contributed by atoms with Crippen LogP contribution in [0, 0.1) is 0 Å². The molecule has 0 spiro atoms. The molecular weight excluding hydrogens is 274 g/mol. The zero-order valence-electron chi connectivity index (χ0n) is 8.58. The second-order valence-corrected chi connectivity index (χ2v) is 5.89. The van der Waals surface area contributed by atoms with Crippen molar-refractivity contribution < 1.29 is 5.11 Å². The normalized spacial score (nSPS) is 26.8. The summed E-state index contributed by atoms with van der Waals surface area (Å²) in [6, 6.07) is 2.35. The van der Waals surface area contributed by atoms with Gasteiger partial charge in [-0.15, -0.1) is 11.3 Å². The highest BCUT2D eigenvalue weighted by Crippen LogP contribution is 2.24. The molecule has 4 heteroatoms. The van der Waals surface area contributed by atoms with Crippen LogP contribution >= 0.6 is 27.3 Å². The van der Waals surface area contributed by atoms with Crippen molar-refractivity contribution in [2.24, 2.45) is 0 Å². The largest absolute Gasteiger partial charge is 0.392 e. The molecule has 1 aliphatic carbocycles. The van der Waals surface area contributed by atoms with Crippen LogP contribution in [0.4, 0.5) is 0 Å². The molecule has 1 aromatic rings. The molecule has 0 aliphatic heterocycles. The first-order valence-corrected chi connectivity index (χ1v) is 7.08. The van der Waals surface area contributed by atoms with E-state index in [1.54, 1.807) is 11.3 Å². The lowest BCUT2D eigenvalue weighted by Crippen LogP contribution is -2.41. The lowest BCUT2D eigenvalue weighted by molar-refractivity contribution is 0.0904. The first-order chi connectivity index (χ1) is 7.27. The molecular formula is C11H16BrNOS. The summed E-state index contributed by atoms with van der Waals surface area (Å²) in [5.41, 5.74) is 0. The predicted molar refractivity (Wildman–Crippen MR) is 67.1 cm³/mol. The Kier molecular flexibility index (Phi) is 4.20. The van der Waals surface area contributed by atoms with Crippen LogP contribution in [0.1, 0.15) is 30.6 Å². The Bertz CT molecular complexity index is 315. The van der Waals surface area contributed by atoms with E-state index in [4.69, 9.17) is 0 Å². The maximum atomic E-state index is 9.80. The van der Waals surface area contributed by atoms with Crippen LogP contribution in [0.15, 0.2) is 15.9 Å². The number of thiophene rings is 1. The van der Waals surface area contributed by atoms with Crippen molar-refractivity contribution >= 4 is 27.3 Å².